The van der Waals surface area contributed by atoms with Crippen molar-refractivity contribution in [3.8, 4) is 11.4 Å². The molecule has 1 N–H and O–H groups in total. The lowest BCUT2D eigenvalue weighted by molar-refractivity contribution is 0.207. The topological polar surface area (TPSA) is 51.0 Å². The lowest BCUT2D eigenvalue weighted by Gasteiger charge is -2.31. The monoisotopic (exact) mass is 303 g/mol. The molecule has 4 nitrogen and oxygen atoms in total. The Balaban J connectivity index is 1.80. The Morgan fingerprint density at radius 2 is 2.10 bits per heavy atom. The van der Waals surface area contributed by atoms with Crippen LogP contribution < -0.4 is 5.32 Å². The second kappa shape index (κ2) is 6.20. The first kappa shape index (κ1) is 14.6. The molecule has 1 saturated heterocycles. The Hall–Kier alpha value is -1.33. The van der Waals surface area contributed by atoms with Crippen LogP contribution in [0.2, 0.25) is 0 Å². The summed E-state index contributed by atoms with van der Waals surface area (Å²) in [6, 6.07) is 8.34. The van der Waals surface area contributed by atoms with Crippen LogP contribution in [0.4, 0.5) is 0 Å². The van der Waals surface area contributed by atoms with Gasteiger partial charge in [-0.15, -0.1) is 11.8 Å². The summed E-state index contributed by atoms with van der Waals surface area (Å²) in [6.07, 6.45) is 3.46. The van der Waals surface area contributed by atoms with Crippen molar-refractivity contribution >= 4 is 11.8 Å². The van der Waals surface area contributed by atoms with E-state index in [0.717, 1.165) is 24.3 Å². The molecule has 1 aliphatic rings. The van der Waals surface area contributed by atoms with Crippen molar-refractivity contribution in [3.05, 3.63) is 30.2 Å². The smallest absolute Gasteiger partial charge is 0.246 e. The van der Waals surface area contributed by atoms with Crippen LogP contribution in [0.25, 0.3) is 11.4 Å². The van der Waals surface area contributed by atoms with Gasteiger partial charge in [-0.25, -0.2) is 0 Å². The lowest BCUT2D eigenvalue weighted by Crippen LogP contribution is -2.43. The predicted octanol–water partition coefficient (Wildman–Crippen LogP) is 3.84. The number of nitrogens with zero attached hydrogens (tertiary/aromatic N) is 2. The number of thioether (sulfide) groups is 1. The second-order valence-corrected chi connectivity index (χ2v) is 6.93. The van der Waals surface area contributed by atoms with E-state index in [2.05, 4.69) is 53.6 Å². The molecule has 1 aromatic carbocycles. The van der Waals surface area contributed by atoms with Crippen LogP contribution in [0.3, 0.4) is 0 Å². The average molecular weight is 303 g/mol. The maximum absolute atomic E-state index is 5.51. The SMILES string of the molecule is CCSc1ccc(-c2noc(C3(C)CCCCN3)n2)cc1. The highest BCUT2D eigenvalue weighted by Gasteiger charge is 2.34. The van der Waals surface area contributed by atoms with E-state index in [9.17, 15) is 0 Å². The van der Waals surface area contributed by atoms with Crippen molar-refractivity contribution < 1.29 is 4.52 Å². The van der Waals surface area contributed by atoms with Gasteiger partial charge in [0, 0.05) is 10.5 Å². The highest BCUT2D eigenvalue weighted by atomic mass is 32.2. The summed E-state index contributed by atoms with van der Waals surface area (Å²) in [6.45, 7) is 5.31. The van der Waals surface area contributed by atoms with Crippen LogP contribution >= 0.6 is 11.8 Å². The molecular weight excluding hydrogens is 282 g/mol. The Labute approximate surface area is 129 Å². The van der Waals surface area contributed by atoms with Crippen molar-refractivity contribution in [1.82, 2.24) is 15.5 Å². The van der Waals surface area contributed by atoms with E-state index in [-0.39, 0.29) is 5.54 Å². The molecule has 2 heterocycles. The Bertz CT molecular complexity index is 588. The van der Waals surface area contributed by atoms with E-state index in [1.54, 1.807) is 0 Å². The van der Waals surface area contributed by atoms with Gasteiger partial charge >= 0.3 is 0 Å². The van der Waals surface area contributed by atoms with Crippen LogP contribution in [0.1, 0.15) is 39.0 Å². The minimum absolute atomic E-state index is 0.179. The second-order valence-electron chi connectivity index (χ2n) is 5.60. The molecule has 0 radical (unpaired) electrons. The van der Waals surface area contributed by atoms with Crippen molar-refractivity contribution in [2.45, 2.75) is 43.5 Å². The number of benzene rings is 1. The summed E-state index contributed by atoms with van der Waals surface area (Å²) in [4.78, 5) is 5.87. The zero-order chi connectivity index (χ0) is 14.7. The third kappa shape index (κ3) is 3.14. The van der Waals surface area contributed by atoms with E-state index >= 15 is 0 Å². The van der Waals surface area contributed by atoms with Gasteiger partial charge in [0.2, 0.25) is 11.7 Å². The average Bonchev–Trinajstić information content (AvgIpc) is 3.00. The number of hydrogen-bond donors (Lipinski definition) is 1. The maximum Gasteiger partial charge on any atom is 0.246 e. The van der Waals surface area contributed by atoms with Crippen LogP contribution in [0, 0.1) is 0 Å². The molecule has 1 fully saturated rings. The van der Waals surface area contributed by atoms with E-state index in [4.69, 9.17) is 4.52 Å². The van der Waals surface area contributed by atoms with Gasteiger partial charge in [-0.05, 0) is 62.7 Å². The van der Waals surface area contributed by atoms with Gasteiger partial charge in [0.05, 0.1) is 5.54 Å². The van der Waals surface area contributed by atoms with Gasteiger partial charge in [0.15, 0.2) is 0 Å². The van der Waals surface area contributed by atoms with Crippen LogP contribution in [0.15, 0.2) is 33.7 Å². The normalized spacial score (nSPS) is 22.4. The number of hydrogen-bond acceptors (Lipinski definition) is 5. The van der Waals surface area contributed by atoms with E-state index in [1.807, 2.05) is 11.8 Å². The first-order valence-corrected chi connectivity index (χ1v) is 8.52. The van der Waals surface area contributed by atoms with Crippen molar-refractivity contribution in [1.29, 1.82) is 0 Å². The fourth-order valence-corrected chi connectivity index (χ4v) is 3.33. The lowest BCUT2D eigenvalue weighted by atomic mass is 9.91. The Kier molecular flexibility index (Phi) is 4.31. The molecule has 1 unspecified atom stereocenters. The summed E-state index contributed by atoms with van der Waals surface area (Å²) >= 11 is 1.83. The molecular formula is C16H21N3OS. The number of aromatic nitrogens is 2. The van der Waals surface area contributed by atoms with Crippen LogP contribution in [-0.4, -0.2) is 22.4 Å². The maximum atomic E-state index is 5.51. The van der Waals surface area contributed by atoms with Gasteiger partial charge < -0.3 is 9.84 Å². The van der Waals surface area contributed by atoms with Crippen LogP contribution in [0.5, 0.6) is 0 Å². The molecule has 1 aliphatic heterocycles. The molecule has 0 bridgehead atoms. The molecule has 0 saturated carbocycles. The molecule has 0 spiro atoms. The van der Waals surface area contributed by atoms with E-state index < -0.39 is 0 Å². The first-order chi connectivity index (χ1) is 10.2. The van der Waals surface area contributed by atoms with Gasteiger partial charge in [-0.2, -0.15) is 4.98 Å². The Morgan fingerprint density at radius 3 is 2.76 bits per heavy atom. The zero-order valence-corrected chi connectivity index (χ0v) is 13.4. The van der Waals surface area contributed by atoms with Gasteiger partial charge in [-0.3, -0.25) is 0 Å². The minimum Gasteiger partial charge on any atom is -0.337 e. The third-order valence-electron chi connectivity index (χ3n) is 3.94. The summed E-state index contributed by atoms with van der Waals surface area (Å²) in [5.74, 6) is 2.45. The van der Waals surface area contributed by atoms with Crippen molar-refractivity contribution in [3.63, 3.8) is 0 Å². The highest BCUT2D eigenvalue weighted by Crippen LogP contribution is 2.30. The number of nitrogens with one attached hydrogen (secondary N) is 1. The molecule has 112 valence electrons. The Morgan fingerprint density at radius 1 is 1.29 bits per heavy atom. The summed E-state index contributed by atoms with van der Waals surface area (Å²) < 4.78 is 5.51. The van der Waals surface area contributed by atoms with Crippen molar-refractivity contribution in [2.24, 2.45) is 0 Å². The fourth-order valence-electron chi connectivity index (χ4n) is 2.67. The van der Waals surface area contributed by atoms with E-state index in [0.29, 0.717) is 11.7 Å². The minimum atomic E-state index is -0.179. The quantitative estimate of drug-likeness (QED) is 0.870. The highest BCUT2D eigenvalue weighted by molar-refractivity contribution is 7.99. The standard InChI is InChI=1S/C16H21N3OS/c1-3-21-13-8-6-12(7-9-13)14-18-15(20-19-14)16(2)10-4-5-11-17-16/h6-9,17H,3-5,10-11H2,1-2H3. The fraction of sp³-hybridized carbons (Fsp3) is 0.500. The number of rotatable bonds is 4. The molecule has 0 aliphatic carbocycles. The van der Waals surface area contributed by atoms with Gasteiger partial charge in [-0.1, -0.05) is 12.1 Å². The van der Waals surface area contributed by atoms with E-state index in [1.165, 1.54) is 17.7 Å². The summed E-state index contributed by atoms with van der Waals surface area (Å²) in [7, 11) is 0. The molecule has 1 aromatic heterocycles. The largest absolute Gasteiger partial charge is 0.337 e. The number of piperidine rings is 1. The van der Waals surface area contributed by atoms with Crippen LogP contribution in [-0.2, 0) is 5.54 Å². The molecule has 3 rings (SSSR count). The molecule has 1 atom stereocenters. The third-order valence-corrected chi connectivity index (χ3v) is 4.83. The molecule has 5 heteroatoms. The summed E-state index contributed by atoms with van der Waals surface area (Å²) in [5, 5.41) is 7.65. The van der Waals surface area contributed by atoms with Gasteiger partial charge in [0.1, 0.15) is 0 Å². The van der Waals surface area contributed by atoms with Crippen molar-refractivity contribution in [2.75, 3.05) is 12.3 Å². The van der Waals surface area contributed by atoms with Gasteiger partial charge in [0.25, 0.3) is 0 Å². The summed E-state index contributed by atoms with van der Waals surface area (Å²) in [5.41, 5.74) is 0.825. The first-order valence-electron chi connectivity index (χ1n) is 7.54. The zero-order valence-electron chi connectivity index (χ0n) is 12.6. The molecule has 2 aromatic rings. The molecule has 0 amide bonds. The predicted molar refractivity (Wildman–Crippen MR) is 85.3 cm³/mol. The molecule has 21 heavy (non-hydrogen) atoms.